The molecule has 134 valence electrons. The molecule has 1 aliphatic heterocycles. The van der Waals surface area contributed by atoms with Gasteiger partial charge < -0.3 is 15.4 Å². The number of piperidine rings is 1. The van der Waals surface area contributed by atoms with Gasteiger partial charge in [0.2, 0.25) is 0 Å². The number of esters is 1. The van der Waals surface area contributed by atoms with Crippen LogP contribution in [-0.2, 0) is 9.53 Å². The van der Waals surface area contributed by atoms with Crippen molar-refractivity contribution in [1.29, 1.82) is 0 Å². The summed E-state index contributed by atoms with van der Waals surface area (Å²) < 4.78 is 6.53. The standard InChI is InChI=1S/C16H27N5O3/c1-4-16(5-2,10-14(22)24-3)18-15(23)13-11-21(20-19-13)12-6-8-17-9-7-12/h11-12,17H,4-10H2,1-3H3,(H,18,23). The number of aromatic nitrogens is 3. The van der Waals surface area contributed by atoms with Crippen molar-refractivity contribution in [2.24, 2.45) is 0 Å². The maximum Gasteiger partial charge on any atom is 0.307 e. The zero-order valence-electron chi connectivity index (χ0n) is 14.7. The van der Waals surface area contributed by atoms with Crippen LogP contribution in [0.3, 0.4) is 0 Å². The molecule has 8 heteroatoms. The molecule has 1 amide bonds. The number of rotatable bonds is 7. The maximum atomic E-state index is 12.6. The molecule has 1 aromatic heterocycles. The van der Waals surface area contributed by atoms with Gasteiger partial charge in [-0.2, -0.15) is 0 Å². The number of hydrogen-bond donors (Lipinski definition) is 2. The van der Waals surface area contributed by atoms with Crippen LogP contribution < -0.4 is 10.6 Å². The van der Waals surface area contributed by atoms with E-state index in [1.54, 1.807) is 10.9 Å². The van der Waals surface area contributed by atoms with Crippen LogP contribution in [-0.4, -0.2) is 52.6 Å². The number of hydrogen-bond acceptors (Lipinski definition) is 6. The Labute approximate surface area is 142 Å². The van der Waals surface area contributed by atoms with Gasteiger partial charge in [0.15, 0.2) is 5.69 Å². The first-order valence-electron chi connectivity index (χ1n) is 8.55. The summed E-state index contributed by atoms with van der Waals surface area (Å²) in [5, 5.41) is 14.4. The minimum atomic E-state index is -0.622. The van der Waals surface area contributed by atoms with Crippen molar-refractivity contribution >= 4 is 11.9 Å². The third-order valence-electron chi connectivity index (χ3n) is 4.87. The smallest absolute Gasteiger partial charge is 0.307 e. The molecule has 0 spiro atoms. The van der Waals surface area contributed by atoms with Gasteiger partial charge in [-0.15, -0.1) is 5.10 Å². The Balaban J connectivity index is 2.06. The van der Waals surface area contributed by atoms with Gasteiger partial charge >= 0.3 is 5.97 Å². The molecule has 2 N–H and O–H groups in total. The van der Waals surface area contributed by atoms with E-state index in [1.165, 1.54) is 7.11 Å². The summed E-state index contributed by atoms with van der Waals surface area (Å²) in [5.41, 5.74) is -0.340. The second-order valence-corrected chi connectivity index (χ2v) is 6.26. The fourth-order valence-electron chi connectivity index (χ4n) is 3.00. The normalized spacial score (nSPS) is 16.0. The summed E-state index contributed by atoms with van der Waals surface area (Å²) in [4.78, 5) is 24.2. The first-order valence-corrected chi connectivity index (χ1v) is 8.55. The molecule has 24 heavy (non-hydrogen) atoms. The molecule has 0 atom stereocenters. The number of ether oxygens (including phenoxy) is 1. The molecule has 1 saturated heterocycles. The van der Waals surface area contributed by atoms with Crippen LogP contribution in [0.15, 0.2) is 6.20 Å². The van der Waals surface area contributed by atoms with Crippen LogP contribution in [0.25, 0.3) is 0 Å². The van der Waals surface area contributed by atoms with E-state index in [2.05, 4.69) is 20.9 Å². The van der Waals surface area contributed by atoms with Crippen molar-refractivity contribution < 1.29 is 14.3 Å². The van der Waals surface area contributed by atoms with E-state index in [4.69, 9.17) is 4.74 Å². The van der Waals surface area contributed by atoms with E-state index >= 15 is 0 Å². The van der Waals surface area contributed by atoms with E-state index in [9.17, 15) is 9.59 Å². The van der Waals surface area contributed by atoms with E-state index < -0.39 is 5.54 Å². The number of carbonyl (C=O) groups is 2. The van der Waals surface area contributed by atoms with Gasteiger partial charge in [0.25, 0.3) is 5.91 Å². The first-order chi connectivity index (χ1) is 11.5. The Bertz CT molecular complexity index is 562. The van der Waals surface area contributed by atoms with Gasteiger partial charge in [0, 0.05) is 0 Å². The third kappa shape index (κ3) is 4.31. The topological polar surface area (TPSA) is 98.1 Å². The lowest BCUT2D eigenvalue weighted by Gasteiger charge is -2.31. The Kier molecular flexibility index (Phi) is 6.30. The van der Waals surface area contributed by atoms with E-state index in [0.29, 0.717) is 12.8 Å². The van der Waals surface area contributed by atoms with E-state index in [-0.39, 0.29) is 30.0 Å². The molecule has 0 bridgehead atoms. The average Bonchev–Trinajstić information content (AvgIpc) is 3.12. The number of nitrogens with one attached hydrogen (secondary N) is 2. The van der Waals surface area contributed by atoms with Gasteiger partial charge in [-0.3, -0.25) is 9.59 Å². The van der Waals surface area contributed by atoms with Crippen molar-refractivity contribution in [1.82, 2.24) is 25.6 Å². The highest BCUT2D eigenvalue weighted by molar-refractivity contribution is 5.92. The molecule has 0 aromatic carbocycles. The SMILES string of the molecule is CCC(CC)(CC(=O)OC)NC(=O)c1cn(C2CCNCC2)nn1. The average molecular weight is 337 g/mol. The Morgan fingerprint density at radius 2 is 2.04 bits per heavy atom. The molecular formula is C16H27N5O3. The van der Waals surface area contributed by atoms with Gasteiger partial charge in [0.1, 0.15) is 0 Å². The quantitative estimate of drug-likeness (QED) is 0.722. The molecular weight excluding hydrogens is 310 g/mol. The molecule has 2 rings (SSSR count). The van der Waals surface area contributed by atoms with Crippen molar-refractivity contribution in [3.63, 3.8) is 0 Å². The maximum absolute atomic E-state index is 12.6. The van der Waals surface area contributed by atoms with Crippen molar-refractivity contribution in [3.8, 4) is 0 Å². The van der Waals surface area contributed by atoms with E-state index in [0.717, 1.165) is 25.9 Å². The molecule has 0 unspecified atom stereocenters. The summed E-state index contributed by atoms with van der Waals surface area (Å²) >= 11 is 0. The summed E-state index contributed by atoms with van der Waals surface area (Å²) in [6.07, 6.45) is 5.05. The summed E-state index contributed by atoms with van der Waals surface area (Å²) in [5.74, 6) is -0.639. The number of nitrogens with zero attached hydrogens (tertiary/aromatic N) is 3. The zero-order valence-corrected chi connectivity index (χ0v) is 14.7. The Morgan fingerprint density at radius 1 is 1.38 bits per heavy atom. The van der Waals surface area contributed by atoms with Crippen molar-refractivity contribution in [2.75, 3.05) is 20.2 Å². The van der Waals surface area contributed by atoms with Gasteiger partial charge in [-0.1, -0.05) is 19.1 Å². The minimum Gasteiger partial charge on any atom is -0.469 e. The number of amides is 1. The molecule has 2 heterocycles. The fraction of sp³-hybridized carbons (Fsp3) is 0.750. The second kappa shape index (κ2) is 8.23. The van der Waals surface area contributed by atoms with Crippen molar-refractivity contribution in [3.05, 3.63) is 11.9 Å². The molecule has 1 fully saturated rings. The number of methoxy groups -OCH3 is 1. The van der Waals surface area contributed by atoms with Crippen LogP contribution in [0.2, 0.25) is 0 Å². The molecule has 1 aliphatic rings. The van der Waals surface area contributed by atoms with Crippen LogP contribution in [0.1, 0.15) is 62.5 Å². The lowest BCUT2D eigenvalue weighted by Crippen LogP contribution is -2.49. The number of carbonyl (C=O) groups excluding carboxylic acids is 2. The summed E-state index contributed by atoms with van der Waals surface area (Å²) in [6.45, 7) is 5.77. The zero-order chi connectivity index (χ0) is 17.6. The lowest BCUT2D eigenvalue weighted by atomic mass is 9.88. The Hall–Kier alpha value is -1.96. The molecule has 1 aromatic rings. The summed E-state index contributed by atoms with van der Waals surface area (Å²) in [7, 11) is 1.35. The lowest BCUT2D eigenvalue weighted by molar-refractivity contribution is -0.142. The molecule has 0 radical (unpaired) electrons. The van der Waals surface area contributed by atoms with Crippen LogP contribution >= 0.6 is 0 Å². The molecule has 0 saturated carbocycles. The van der Waals surface area contributed by atoms with Gasteiger partial charge in [-0.25, -0.2) is 4.68 Å². The predicted octanol–water partition coefficient (Wildman–Crippen LogP) is 1.05. The highest BCUT2D eigenvalue weighted by Crippen LogP contribution is 2.22. The highest BCUT2D eigenvalue weighted by Gasteiger charge is 2.32. The molecule has 0 aliphatic carbocycles. The summed E-state index contributed by atoms with van der Waals surface area (Å²) in [6, 6.07) is 0.275. The second-order valence-electron chi connectivity index (χ2n) is 6.26. The van der Waals surface area contributed by atoms with Crippen LogP contribution in [0, 0.1) is 0 Å². The molecule has 8 nitrogen and oxygen atoms in total. The third-order valence-corrected chi connectivity index (χ3v) is 4.87. The first kappa shape index (κ1) is 18.4. The minimum absolute atomic E-state index is 0.144. The predicted molar refractivity (Wildman–Crippen MR) is 88.6 cm³/mol. The van der Waals surface area contributed by atoms with E-state index in [1.807, 2.05) is 13.8 Å². The highest BCUT2D eigenvalue weighted by atomic mass is 16.5. The van der Waals surface area contributed by atoms with Gasteiger partial charge in [0.05, 0.1) is 31.3 Å². The van der Waals surface area contributed by atoms with Crippen LogP contribution in [0.5, 0.6) is 0 Å². The monoisotopic (exact) mass is 337 g/mol. The van der Waals surface area contributed by atoms with Crippen LogP contribution in [0.4, 0.5) is 0 Å². The Morgan fingerprint density at radius 3 is 2.62 bits per heavy atom. The largest absolute Gasteiger partial charge is 0.469 e. The van der Waals surface area contributed by atoms with Crippen molar-refractivity contribution in [2.45, 2.75) is 57.5 Å². The van der Waals surface area contributed by atoms with Gasteiger partial charge in [-0.05, 0) is 38.8 Å². The fourth-order valence-corrected chi connectivity index (χ4v) is 3.00.